The monoisotopic (exact) mass is 441 g/mol. The first-order chi connectivity index (χ1) is 14.9. The lowest BCUT2D eigenvalue weighted by molar-refractivity contribution is -0.139. The highest BCUT2D eigenvalue weighted by Gasteiger charge is 2.35. The third kappa shape index (κ3) is 5.64. The third-order valence-corrected chi connectivity index (χ3v) is 5.66. The van der Waals surface area contributed by atoms with E-state index in [9.17, 15) is 19.2 Å². The number of carbonyl (C=O) groups excluding carboxylic acids is 4. The zero-order chi connectivity index (χ0) is 22.4. The van der Waals surface area contributed by atoms with Gasteiger partial charge in [-0.3, -0.25) is 19.2 Å². The Hall–Kier alpha value is -3.33. The van der Waals surface area contributed by atoms with Crippen LogP contribution < -0.4 is 15.5 Å². The SMILES string of the molecule is COC(=O)CNC(=O)c1ccc(NC(=O)C2CC(=O)N(c3ccc(SC)cc3)C2)cc1. The molecule has 0 aromatic heterocycles. The molecule has 1 saturated heterocycles. The molecule has 2 N–H and O–H groups in total. The zero-order valence-electron chi connectivity index (χ0n) is 17.2. The fourth-order valence-corrected chi connectivity index (χ4v) is 3.58. The highest BCUT2D eigenvalue weighted by Crippen LogP contribution is 2.27. The molecule has 31 heavy (non-hydrogen) atoms. The Morgan fingerprint density at radius 1 is 1.10 bits per heavy atom. The number of carbonyl (C=O) groups is 4. The van der Waals surface area contributed by atoms with Gasteiger partial charge in [0.15, 0.2) is 0 Å². The van der Waals surface area contributed by atoms with Crippen molar-refractivity contribution in [2.24, 2.45) is 5.92 Å². The zero-order valence-corrected chi connectivity index (χ0v) is 18.0. The Morgan fingerprint density at radius 2 is 1.77 bits per heavy atom. The topological polar surface area (TPSA) is 105 Å². The van der Waals surface area contributed by atoms with E-state index in [4.69, 9.17) is 0 Å². The first kappa shape index (κ1) is 22.4. The van der Waals surface area contributed by atoms with Gasteiger partial charge in [0, 0.05) is 34.8 Å². The highest BCUT2D eigenvalue weighted by molar-refractivity contribution is 7.98. The number of methoxy groups -OCH3 is 1. The normalized spacial score (nSPS) is 15.5. The van der Waals surface area contributed by atoms with E-state index in [2.05, 4.69) is 15.4 Å². The Balaban J connectivity index is 1.57. The van der Waals surface area contributed by atoms with Gasteiger partial charge in [-0.15, -0.1) is 11.8 Å². The molecule has 1 atom stereocenters. The number of thioether (sulfide) groups is 1. The lowest BCUT2D eigenvalue weighted by Gasteiger charge is -2.17. The van der Waals surface area contributed by atoms with Crippen molar-refractivity contribution >= 4 is 46.8 Å². The van der Waals surface area contributed by atoms with Crippen LogP contribution in [0.1, 0.15) is 16.8 Å². The predicted molar refractivity (Wildman–Crippen MR) is 118 cm³/mol. The summed E-state index contributed by atoms with van der Waals surface area (Å²) in [5.74, 6) is -1.77. The van der Waals surface area contributed by atoms with Crippen molar-refractivity contribution < 1.29 is 23.9 Å². The van der Waals surface area contributed by atoms with Crippen LogP contribution in [0.25, 0.3) is 0 Å². The van der Waals surface area contributed by atoms with Crippen molar-refractivity contribution in [3.63, 3.8) is 0 Å². The molecule has 2 aromatic carbocycles. The number of nitrogens with one attached hydrogen (secondary N) is 2. The van der Waals surface area contributed by atoms with Crippen molar-refractivity contribution in [3.05, 3.63) is 54.1 Å². The van der Waals surface area contributed by atoms with Gasteiger partial charge in [0.1, 0.15) is 6.54 Å². The molecule has 0 spiro atoms. The molecule has 1 heterocycles. The third-order valence-electron chi connectivity index (χ3n) is 4.92. The molecule has 2 aromatic rings. The van der Waals surface area contributed by atoms with Crippen molar-refractivity contribution in [2.75, 3.05) is 36.7 Å². The summed E-state index contributed by atoms with van der Waals surface area (Å²) in [5.41, 5.74) is 1.64. The van der Waals surface area contributed by atoms with Crippen molar-refractivity contribution in [1.82, 2.24) is 5.32 Å². The van der Waals surface area contributed by atoms with Crippen LogP contribution in [-0.4, -0.2) is 50.1 Å². The van der Waals surface area contributed by atoms with Gasteiger partial charge >= 0.3 is 5.97 Å². The average Bonchev–Trinajstić information content (AvgIpc) is 3.19. The summed E-state index contributed by atoms with van der Waals surface area (Å²) < 4.78 is 4.47. The first-order valence-electron chi connectivity index (χ1n) is 9.61. The van der Waals surface area contributed by atoms with E-state index in [1.165, 1.54) is 7.11 Å². The van der Waals surface area contributed by atoms with Gasteiger partial charge in [-0.1, -0.05) is 0 Å². The minimum Gasteiger partial charge on any atom is -0.468 e. The molecule has 0 saturated carbocycles. The fourth-order valence-electron chi connectivity index (χ4n) is 3.17. The van der Waals surface area contributed by atoms with Crippen LogP contribution in [0.15, 0.2) is 53.4 Å². The van der Waals surface area contributed by atoms with Crippen molar-refractivity contribution in [3.8, 4) is 0 Å². The summed E-state index contributed by atoms with van der Waals surface area (Å²) in [5, 5.41) is 5.24. The Labute approximate surface area is 184 Å². The molecule has 0 radical (unpaired) electrons. The minimum absolute atomic E-state index is 0.0883. The summed E-state index contributed by atoms with van der Waals surface area (Å²) in [6.45, 7) is 0.0946. The maximum absolute atomic E-state index is 12.6. The number of hydrogen-bond acceptors (Lipinski definition) is 6. The smallest absolute Gasteiger partial charge is 0.325 e. The van der Waals surface area contributed by atoms with E-state index < -0.39 is 17.8 Å². The number of anilines is 2. The number of hydrogen-bond donors (Lipinski definition) is 2. The van der Waals surface area contributed by atoms with E-state index in [-0.39, 0.29) is 24.8 Å². The molecule has 1 aliphatic heterocycles. The number of esters is 1. The lowest BCUT2D eigenvalue weighted by atomic mass is 10.1. The summed E-state index contributed by atoms with van der Waals surface area (Å²) in [6, 6.07) is 13.9. The molecule has 3 rings (SSSR count). The molecular formula is C22H23N3O5S. The quantitative estimate of drug-likeness (QED) is 0.505. The van der Waals surface area contributed by atoms with Gasteiger partial charge in [-0.2, -0.15) is 0 Å². The van der Waals surface area contributed by atoms with Crippen LogP contribution in [-0.2, 0) is 19.1 Å². The molecule has 9 heteroatoms. The molecule has 1 unspecified atom stereocenters. The predicted octanol–water partition coefficient (Wildman–Crippen LogP) is 2.30. The van der Waals surface area contributed by atoms with E-state index in [1.54, 1.807) is 40.9 Å². The first-order valence-corrected chi connectivity index (χ1v) is 10.8. The number of ether oxygens (including phenoxy) is 1. The second-order valence-corrected chi connectivity index (χ2v) is 7.81. The van der Waals surface area contributed by atoms with E-state index in [1.807, 2.05) is 30.5 Å². The highest BCUT2D eigenvalue weighted by atomic mass is 32.2. The van der Waals surface area contributed by atoms with Crippen molar-refractivity contribution in [1.29, 1.82) is 0 Å². The number of rotatable bonds is 7. The van der Waals surface area contributed by atoms with Crippen LogP contribution in [0, 0.1) is 5.92 Å². The molecule has 0 bridgehead atoms. The van der Waals surface area contributed by atoms with Crippen LogP contribution in [0.5, 0.6) is 0 Å². The minimum atomic E-state index is -0.544. The van der Waals surface area contributed by atoms with E-state index >= 15 is 0 Å². The molecule has 1 fully saturated rings. The van der Waals surface area contributed by atoms with Crippen LogP contribution in [0.4, 0.5) is 11.4 Å². The number of nitrogens with zero attached hydrogens (tertiary/aromatic N) is 1. The fraction of sp³-hybridized carbons (Fsp3) is 0.273. The Kier molecular flexibility index (Phi) is 7.30. The summed E-state index contributed by atoms with van der Waals surface area (Å²) in [7, 11) is 1.24. The number of amides is 3. The second kappa shape index (κ2) is 10.1. The maximum atomic E-state index is 12.6. The molecule has 1 aliphatic rings. The lowest BCUT2D eigenvalue weighted by Crippen LogP contribution is -2.30. The largest absolute Gasteiger partial charge is 0.468 e. The van der Waals surface area contributed by atoms with Crippen molar-refractivity contribution in [2.45, 2.75) is 11.3 Å². The molecular weight excluding hydrogens is 418 g/mol. The van der Waals surface area contributed by atoms with Gasteiger partial charge < -0.3 is 20.3 Å². The van der Waals surface area contributed by atoms with Gasteiger partial charge in [0.25, 0.3) is 5.91 Å². The van der Waals surface area contributed by atoms with Gasteiger partial charge in [0.05, 0.1) is 13.0 Å². The molecule has 162 valence electrons. The van der Waals surface area contributed by atoms with E-state index in [0.29, 0.717) is 17.8 Å². The van der Waals surface area contributed by atoms with Crippen LogP contribution >= 0.6 is 11.8 Å². The molecule has 3 amide bonds. The van der Waals surface area contributed by atoms with E-state index in [0.717, 1.165) is 10.6 Å². The second-order valence-electron chi connectivity index (χ2n) is 6.93. The molecule has 8 nitrogen and oxygen atoms in total. The van der Waals surface area contributed by atoms with Gasteiger partial charge in [-0.05, 0) is 54.8 Å². The standard InChI is InChI=1S/C22H23N3O5S/c1-30-20(27)12-23-21(28)14-3-5-16(6-4-14)24-22(29)15-11-19(26)25(13-15)17-7-9-18(31-2)10-8-17/h3-10,15H,11-13H2,1-2H3,(H,23,28)(H,24,29). The number of benzene rings is 2. The Bertz CT molecular complexity index is 976. The summed E-state index contributed by atoms with van der Waals surface area (Å²) in [6.07, 6.45) is 2.13. The maximum Gasteiger partial charge on any atom is 0.325 e. The molecule has 0 aliphatic carbocycles. The van der Waals surface area contributed by atoms with Crippen LogP contribution in [0.3, 0.4) is 0 Å². The van der Waals surface area contributed by atoms with Crippen LogP contribution in [0.2, 0.25) is 0 Å². The average molecular weight is 442 g/mol. The Morgan fingerprint density at radius 3 is 2.39 bits per heavy atom. The summed E-state index contributed by atoms with van der Waals surface area (Å²) >= 11 is 1.62. The summed E-state index contributed by atoms with van der Waals surface area (Å²) in [4.78, 5) is 50.9. The van der Waals surface area contributed by atoms with Gasteiger partial charge in [-0.25, -0.2) is 0 Å². The van der Waals surface area contributed by atoms with Gasteiger partial charge in [0.2, 0.25) is 11.8 Å².